The van der Waals surface area contributed by atoms with Gasteiger partial charge in [0.15, 0.2) is 0 Å². The van der Waals surface area contributed by atoms with E-state index in [1.165, 1.54) is 11.3 Å². The van der Waals surface area contributed by atoms with Gasteiger partial charge in [-0.1, -0.05) is 0 Å². The first kappa shape index (κ1) is 16.3. The van der Waals surface area contributed by atoms with Crippen molar-refractivity contribution in [1.82, 2.24) is 9.47 Å². The normalized spacial score (nSPS) is 10.8. The van der Waals surface area contributed by atoms with Crippen molar-refractivity contribution in [1.29, 1.82) is 0 Å². The molecule has 0 spiro atoms. The molecule has 0 fully saturated rings. The lowest BCUT2D eigenvalue weighted by Crippen LogP contribution is -2.20. The summed E-state index contributed by atoms with van der Waals surface area (Å²) in [4.78, 5) is 26.7. The zero-order valence-corrected chi connectivity index (χ0v) is 14.9. The quantitative estimate of drug-likeness (QED) is 0.793. The second kappa shape index (κ2) is 6.13. The number of carbonyl (C=O) groups excluding carboxylic acids is 2. The topological polar surface area (TPSA) is 54.3 Å². The largest absolute Gasteiger partial charge is 0.346 e. The second-order valence-electron chi connectivity index (χ2n) is 6.03. The molecule has 2 amide bonds. The van der Waals surface area contributed by atoms with E-state index in [4.69, 9.17) is 0 Å². The Labute approximate surface area is 144 Å². The van der Waals surface area contributed by atoms with E-state index >= 15 is 0 Å². The molecule has 0 atom stereocenters. The van der Waals surface area contributed by atoms with Gasteiger partial charge in [-0.25, -0.2) is 0 Å². The maximum atomic E-state index is 12.4. The van der Waals surface area contributed by atoms with Crippen LogP contribution in [-0.2, 0) is 7.05 Å². The van der Waals surface area contributed by atoms with Crippen LogP contribution in [0.4, 0.5) is 5.69 Å². The Hall–Kier alpha value is -2.60. The van der Waals surface area contributed by atoms with Crippen LogP contribution in [0, 0.1) is 6.92 Å². The average Bonchev–Trinajstić information content (AvgIpc) is 3.08. The molecule has 24 heavy (non-hydrogen) atoms. The van der Waals surface area contributed by atoms with E-state index in [-0.39, 0.29) is 11.8 Å². The van der Waals surface area contributed by atoms with Crippen LogP contribution in [0.1, 0.15) is 25.7 Å². The molecule has 0 saturated heterocycles. The SMILES string of the molecule is Cc1cc(C(=O)Nc2ccc3sc(C(=O)N(C)C)cc3c2)n(C)c1. The molecule has 0 radical (unpaired) electrons. The molecule has 5 nitrogen and oxygen atoms in total. The minimum absolute atomic E-state index is 0.0129. The number of hydrogen-bond donors (Lipinski definition) is 1. The van der Waals surface area contributed by atoms with Crippen molar-refractivity contribution in [2.24, 2.45) is 7.05 Å². The number of carbonyl (C=O) groups is 2. The molecule has 3 aromatic rings. The van der Waals surface area contributed by atoms with Gasteiger partial charge in [0.05, 0.1) is 4.88 Å². The fourth-order valence-electron chi connectivity index (χ4n) is 2.60. The van der Waals surface area contributed by atoms with Crippen molar-refractivity contribution in [3.63, 3.8) is 0 Å². The van der Waals surface area contributed by atoms with E-state index in [1.54, 1.807) is 19.0 Å². The van der Waals surface area contributed by atoms with Crippen molar-refractivity contribution in [2.75, 3.05) is 19.4 Å². The number of amides is 2. The molecule has 0 unspecified atom stereocenters. The van der Waals surface area contributed by atoms with Crippen LogP contribution in [-0.4, -0.2) is 35.4 Å². The minimum Gasteiger partial charge on any atom is -0.346 e. The number of nitrogens with one attached hydrogen (secondary N) is 1. The number of nitrogens with zero attached hydrogens (tertiary/aromatic N) is 2. The summed E-state index contributed by atoms with van der Waals surface area (Å²) in [7, 11) is 5.32. The summed E-state index contributed by atoms with van der Waals surface area (Å²) < 4.78 is 2.83. The van der Waals surface area contributed by atoms with E-state index in [9.17, 15) is 9.59 Å². The van der Waals surface area contributed by atoms with E-state index in [0.717, 1.165) is 15.6 Å². The molecule has 0 aliphatic rings. The molecule has 1 aromatic carbocycles. The van der Waals surface area contributed by atoms with Crippen LogP contribution in [0.3, 0.4) is 0 Å². The van der Waals surface area contributed by atoms with Crippen molar-refractivity contribution in [3.8, 4) is 0 Å². The third-order valence-corrected chi connectivity index (χ3v) is 4.87. The van der Waals surface area contributed by atoms with Crippen molar-refractivity contribution < 1.29 is 9.59 Å². The van der Waals surface area contributed by atoms with E-state index in [2.05, 4.69) is 5.32 Å². The van der Waals surface area contributed by atoms with Crippen LogP contribution in [0.25, 0.3) is 10.1 Å². The summed E-state index contributed by atoms with van der Waals surface area (Å²) in [6.07, 6.45) is 1.91. The number of hydrogen-bond acceptors (Lipinski definition) is 3. The molecule has 0 bridgehead atoms. The fourth-order valence-corrected chi connectivity index (χ4v) is 3.66. The Morgan fingerprint density at radius 2 is 1.92 bits per heavy atom. The van der Waals surface area contributed by atoms with Gasteiger partial charge < -0.3 is 14.8 Å². The summed E-state index contributed by atoms with van der Waals surface area (Å²) in [6.45, 7) is 1.96. The Bertz CT molecular complexity index is 937. The highest BCUT2D eigenvalue weighted by Crippen LogP contribution is 2.29. The molecule has 2 heterocycles. The molecule has 3 rings (SSSR count). The van der Waals surface area contributed by atoms with Gasteiger partial charge in [-0.05, 0) is 48.2 Å². The first-order valence-electron chi connectivity index (χ1n) is 7.54. The summed E-state index contributed by atoms with van der Waals surface area (Å²) in [5, 5.41) is 3.87. The lowest BCUT2D eigenvalue weighted by molar-refractivity contribution is 0.0832. The van der Waals surface area contributed by atoms with Gasteiger partial charge in [0, 0.05) is 37.7 Å². The van der Waals surface area contributed by atoms with Crippen LogP contribution >= 0.6 is 11.3 Å². The molecule has 124 valence electrons. The molecule has 1 N–H and O–H groups in total. The van der Waals surface area contributed by atoms with Gasteiger partial charge in [-0.15, -0.1) is 11.3 Å². The van der Waals surface area contributed by atoms with Gasteiger partial charge in [0.25, 0.3) is 11.8 Å². The zero-order chi connectivity index (χ0) is 17.4. The lowest BCUT2D eigenvalue weighted by Gasteiger charge is -2.06. The van der Waals surface area contributed by atoms with Crippen LogP contribution in [0.15, 0.2) is 36.5 Å². The maximum Gasteiger partial charge on any atom is 0.272 e. The first-order chi connectivity index (χ1) is 11.3. The molecule has 0 saturated carbocycles. The average molecular weight is 341 g/mol. The Balaban J connectivity index is 1.87. The molecule has 0 aliphatic carbocycles. The van der Waals surface area contributed by atoms with Gasteiger partial charge in [0.2, 0.25) is 0 Å². The van der Waals surface area contributed by atoms with Crippen LogP contribution in [0.5, 0.6) is 0 Å². The molecule has 6 heteroatoms. The standard InChI is InChI=1S/C18H19N3O2S/c1-11-7-14(21(4)10-11)17(22)19-13-5-6-15-12(8-13)9-16(24-15)18(23)20(2)3/h5-10H,1-4H3,(H,19,22). The Morgan fingerprint density at radius 3 is 2.54 bits per heavy atom. The maximum absolute atomic E-state index is 12.4. The second-order valence-corrected chi connectivity index (χ2v) is 7.11. The number of rotatable bonds is 3. The van der Waals surface area contributed by atoms with Crippen molar-refractivity contribution in [3.05, 3.63) is 52.7 Å². The number of aryl methyl sites for hydroxylation is 2. The van der Waals surface area contributed by atoms with Gasteiger partial charge in [-0.2, -0.15) is 0 Å². The van der Waals surface area contributed by atoms with Gasteiger partial charge in [-0.3, -0.25) is 9.59 Å². The Kier molecular flexibility index (Phi) is 4.15. The minimum atomic E-state index is -0.148. The number of anilines is 1. The van der Waals surface area contributed by atoms with E-state index in [0.29, 0.717) is 16.3 Å². The smallest absolute Gasteiger partial charge is 0.272 e. The summed E-state index contributed by atoms with van der Waals surface area (Å²) in [5.41, 5.74) is 2.37. The molecular formula is C18H19N3O2S. The number of aromatic nitrogens is 1. The summed E-state index contributed by atoms with van der Waals surface area (Å²) in [6, 6.07) is 9.40. The molecule has 0 aliphatic heterocycles. The van der Waals surface area contributed by atoms with E-state index < -0.39 is 0 Å². The van der Waals surface area contributed by atoms with E-state index in [1.807, 2.05) is 55.1 Å². The monoisotopic (exact) mass is 341 g/mol. The third-order valence-electron chi connectivity index (χ3n) is 3.77. The van der Waals surface area contributed by atoms with Crippen LogP contribution < -0.4 is 5.32 Å². The highest BCUT2D eigenvalue weighted by molar-refractivity contribution is 7.20. The number of thiophene rings is 1. The van der Waals surface area contributed by atoms with Gasteiger partial charge >= 0.3 is 0 Å². The predicted octanol–water partition coefficient (Wildman–Crippen LogP) is 3.50. The van der Waals surface area contributed by atoms with Crippen molar-refractivity contribution in [2.45, 2.75) is 6.92 Å². The van der Waals surface area contributed by atoms with Gasteiger partial charge in [0.1, 0.15) is 5.69 Å². The highest BCUT2D eigenvalue weighted by Gasteiger charge is 2.14. The lowest BCUT2D eigenvalue weighted by atomic mass is 10.2. The molecule has 2 aromatic heterocycles. The Morgan fingerprint density at radius 1 is 1.17 bits per heavy atom. The zero-order valence-electron chi connectivity index (χ0n) is 14.1. The first-order valence-corrected chi connectivity index (χ1v) is 8.36. The number of fused-ring (bicyclic) bond motifs is 1. The predicted molar refractivity (Wildman–Crippen MR) is 97.9 cm³/mol. The summed E-state index contributed by atoms with van der Waals surface area (Å²) >= 11 is 1.46. The fraction of sp³-hybridized carbons (Fsp3) is 0.222. The molecular weight excluding hydrogens is 322 g/mol. The number of benzene rings is 1. The van der Waals surface area contributed by atoms with Crippen molar-refractivity contribution >= 4 is 38.9 Å². The summed E-state index contributed by atoms with van der Waals surface area (Å²) in [5.74, 6) is -0.161. The third kappa shape index (κ3) is 3.05. The highest BCUT2D eigenvalue weighted by atomic mass is 32.1. The van der Waals surface area contributed by atoms with Crippen LogP contribution in [0.2, 0.25) is 0 Å².